The van der Waals surface area contributed by atoms with E-state index in [2.05, 4.69) is 37.4 Å². The van der Waals surface area contributed by atoms with Crippen LogP contribution >= 0.6 is 0 Å². The summed E-state index contributed by atoms with van der Waals surface area (Å²) in [7, 11) is 1.54. The van der Waals surface area contributed by atoms with Gasteiger partial charge in [-0.3, -0.25) is 9.36 Å². The van der Waals surface area contributed by atoms with Gasteiger partial charge < -0.3 is 36.2 Å². The number of aromatic nitrogens is 4. The summed E-state index contributed by atoms with van der Waals surface area (Å²) in [5.41, 5.74) is 6.50. The Kier molecular flexibility index (Phi) is 6.32. The van der Waals surface area contributed by atoms with Crippen molar-refractivity contribution in [3.8, 4) is 11.8 Å². The molecule has 1 aliphatic heterocycles. The molecule has 2 aliphatic rings. The van der Waals surface area contributed by atoms with Crippen molar-refractivity contribution in [2.24, 2.45) is 0 Å². The van der Waals surface area contributed by atoms with E-state index in [1.165, 1.54) is 22.8 Å². The molecule has 0 spiro atoms. The van der Waals surface area contributed by atoms with Crippen molar-refractivity contribution in [2.75, 3.05) is 25.9 Å². The highest BCUT2D eigenvalue weighted by atomic mass is 16.6. The SMILES string of the molecule is CCN(CC#Cc1nc(N)c2ncn([C@@H]3O[C@H](C(=O)NC4CC4)[C@@H](O)[C@H]3O)c2n1)C(=O)NC. The lowest BCUT2D eigenvalue weighted by Gasteiger charge is -2.16. The van der Waals surface area contributed by atoms with E-state index < -0.39 is 30.4 Å². The zero-order chi connectivity index (χ0) is 23.7. The lowest BCUT2D eigenvalue weighted by molar-refractivity contribution is -0.137. The highest BCUT2D eigenvalue weighted by Gasteiger charge is 2.48. The average molecular weight is 458 g/mol. The number of rotatable bonds is 5. The van der Waals surface area contributed by atoms with Gasteiger partial charge in [0, 0.05) is 19.6 Å². The van der Waals surface area contributed by atoms with Gasteiger partial charge in [0.2, 0.25) is 5.82 Å². The zero-order valence-corrected chi connectivity index (χ0v) is 18.2. The molecule has 6 N–H and O–H groups in total. The average Bonchev–Trinajstić information content (AvgIpc) is 3.43. The summed E-state index contributed by atoms with van der Waals surface area (Å²) in [6.45, 7) is 2.46. The fraction of sp³-hybridized carbons (Fsp3) is 0.550. The monoisotopic (exact) mass is 458 g/mol. The molecule has 1 saturated carbocycles. The number of nitrogens with zero attached hydrogens (tertiary/aromatic N) is 5. The number of imidazole rings is 1. The van der Waals surface area contributed by atoms with Crippen LogP contribution < -0.4 is 16.4 Å². The van der Waals surface area contributed by atoms with Crippen LogP contribution in [0.4, 0.5) is 10.6 Å². The van der Waals surface area contributed by atoms with E-state index >= 15 is 0 Å². The number of nitrogens with one attached hydrogen (secondary N) is 2. The number of carbonyl (C=O) groups is 2. The van der Waals surface area contributed by atoms with Crippen molar-refractivity contribution in [3.05, 3.63) is 12.2 Å². The first-order chi connectivity index (χ1) is 15.8. The number of ether oxygens (including phenoxy) is 1. The fourth-order valence-corrected chi connectivity index (χ4v) is 3.50. The van der Waals surface area contributed by atoms with E-state index in [1.807, 2.05) is 6.92 Å². The Hall–Kier alpha value is -3.47. The molecule has 0 aromatic carbocycles. The number of hydrogen-bond acceptors (Lipinski definition) is 9. The minimum Gasteiger partial charge on any atom is -0.387 e. The normalized spacial score (nSPS) is 24.2. The van der Waals surface area contributed by atoms with Crippen LogP contribution in [0.25, 0.3) is 11.2 Å². The molecule has 0 unspecified atom stereocenters. The second kappa shape index (κ2) is 9.18. The van der Waals surface area contributed by atoms with Gasteiger partial charge in [-0.05, 0) is 25.7 Å². The molecular formula is C20H26N8O5. The molecule has 2 aromatic rings. The molecule has 33 heavy (non-hydrogen) atoms. The Morgan fingerprint density at radius 2 is 2.09 bits per heavy atom. The maximum absolute atomic E-state index is 12.4. The lowest BCUT2D eigenvalue weighted by Crippen LogP contribution is -2.43. The Bertz CT molecular complexity index is 1120. The lowest BCUT2D eigenvalue weighted by atomic mass is 10.1. The molecule has 0 radical (unpaired) electrons. The molecule has 13 heteroatoms. The van der Waals surface area contributed by atoms with Crippen LogP contribution in [0.1, 0.15) is 31.8 Å². The van der Waals surface area contributed by atoms with Gasteiger partial charge in [-0.2, -0.15) is 0 Å². The quantitative estimate of drug-likeness (QED) is 0.327. The molecule has 1 aliphatic carbocycles. The molecule has 2 aromatic heterocycles. The molecule has 1 saturated heterocycles. The first-order valence-corrected chi connectivity index (χ1v) is 10.6. The van der Waals surface area contributed by atoms with Crippen molar-refractivity contribution in [1.29, 1.82) is 0 Å². The third-order valence-electron chi connectivity index (χ3n) is 5.50. The van der Waals surface area contributed by atoms with E-state index in [9.17, 15) is 19.8 Å². The predicted molar refractivity (Wildman–Crippen MR) is 115 cm³/mol. The Balaban J connectivity index is 1.58. The highest BCUT2D eigenvalue weighted by molar-refractivity contribution is 5.83. The largest absolute Gasteiger partial charge is 0.387 e. The van der Waals surface area contributed by atoms with Gasteiger partial charge in [-0.1, -0.05) is 5.92 Å². The number of carbonyl (C=O) groups excluding carboxylic acids is 2. The van der Waals surface area contributed by atoms with Crippen molar-refractivity contribution < 1.29 is 24.5 Å². The smallest absolute Gasteiger partial charge is 0.317 e. The number of anilines is 1. The van der Waals surface area contributed by atoms with Gasteiger partial charge in [-0.25, -0.2) is 19.7 Å². The second-order valence-electron chi connectivity index (χ2n) is 7.84. The van der Waals surface area contributed by atoms with Crippen molar-refractivity contribution >= 4 is 28.9 Å². The number of nitrogens with two attached hydrogens (primary N) is 1. The molecule has 0 bridgehead atoms. The van der Waals surface area contributed by atoms with Gasteiger partial charge in [0.15, 0.2) is 23.8 Å². The van der Waals surface area contributed by atoms with Crippen molar-refractivity contribution in [1.82, 2.24) is 35.1 Å². The van der Waals surface area contributed by atoms with Gasteiger partial charge in [0.05, 0.1) is 12.9 Å². The first kappa shape index (κ1) is 22.7. The molecule has 4 rings (SSSR count). The Labute approximate surface area is 189 Å². The topological polar surface area (TPSA) is 181 Å². The molecular weight excluding hydrogens is 432 g/mol. The number of urea groups is 1. The van der Waals surface area contributed by atoms with Gasteiger partial charge in [0.25, 0.3) is 5.91 Å². The fourth-order valence-electron chi connectivity index (χ4n) is 3.50. The van der Waals surface area contributed by atoms with Gasteiger partial charge >= 0.3 is 6.03 Å². The maximum atomic E-state index is 12.4. The molecule has 4 atom stereocenters. The Morgan fingerprint density at radius 3 is 2.76 bits per heavy atom. The summed E-state index contributed by atoms with van der Waals surface area (Å²) in [5.74, 6) is 5.28. The van der Waals surface area contributed by atoms with Crippen LogP contribution in [0.3, 0.4) is 0 Å². The van der Waals surface area contributed by atoms with Crippen molar-refractivity contribution in [2.45, 2.75) is 50.3 Å². The molecule has 13 nitrogen and oxygen atoms in total. The third kappa shape index (κ3) is 4.54. The summed E-state index contributed by atoms with van der Waals surface area (Å²) < 4.78 is 7.09. The van der Waals surface area contributed by atoms with E-state index in [-0.39, 0.29) is 41.4 Å². The van der Waals surface area contributed by atoms with Crippen LogP contribution in [-0.4, -0.2) is 91.1 Å². The zero-order valence-electron chi connectivity index (χ0n) is 18.2. The number of aliphatic hydroxyl groups excluding tert-OH is 2. The van der Waals surface area contributed by atoms with Crippen LogP contribution in [-0.2, 0) is 9.53 Å². The summed E-state index contributed by atoms with van der Waals surface area (Å²) in [6.07, 6.45) is -2.05. The summed E-state index contributed by atoms with van der Waals surface area (Å²) in [4.78, 5) is 38.3. The summed E-state index contributed by atoms with van der Waals surface area (Å²) in [6, 6.07) is -0.175. The van der Waals surface area contributed by atoms with E-state index in [4.69, 9.17) is 10.5 Å². The van der Waals surface area contributed by atoms with Gasteiger partial charge in [-0.15, -0.1) is 0 Å². The number of fused-ring (bicyclic) bond motifs is 1. The summed E-state index contributed by atoms with van der Waals surface area (Å²) in [5, 5.41) is 26.2. The highest BCUT2D eigenvalue weighted by Crippen LogP contribution is 2.33. The van der Waals surface area contributed by atoms with Crippen LogP contribution in [0.2, 0.25) is 0 Å². The number of hydrogen-bond donors (Lipinski definition) is 5. The van der Waals surface area contributed by atoms with E-state index in [0.29, 0.717) is 6.54 Å². The second-order valence-corrected chi connectivity index (χ2v) is 7.84. The van der Waals surface area contributed by atoms with Gasteiger partial charge in [0.1, 0.15) is 17.7 Å². The molecule has 3 heterocycles. The molecule has 2 fully saturated rings. The molecule has 3 amide bonds. The maximum Gasteiger partial charge on any atom is 0.317 e. The van der Waals surface area contributed by atoms with Crippen LogP contribution in [0.5, 0.6) is 0 Å². The Morgan fingerprint density at radius 1 is 1.33 bits per heavy atom. The van der Waals surface area contributed by atoms with Crippen molar-refractivity contribution in [3.63, 3.8) is 0 Å². The van der Waals surface area contributed by atoms with E-state index in [0.717, 1.165) is 12.8 Å². The van der Waals surface area contributed by atoms with Crippen LogP contribution in [0, 0.1) is 11.8 Å². The number of aliphatic hydroxyl groups is 2. The molecule has 176 valence electrons. The summed E-state index contributed by atoms with van der Waals surface area (Å²) >= 11 is 0. The first-order valence-electron chi connectivity index (χ1n) is 10.6. The minimum atomic E-state index is -1.42. The minimum absolute atomic E-state index is 0.0674. The van der Waals surface area contributed by atoms with Crippen LogP contribution in [0.15, 0.2) is 6.33 Å². The predicted octanol–water partition coefficient (Wildman–Crippen LogP) is -1.68. The number of amides is 3. The third-order valence-corrected chi connectivity index (χ3v) is 5.50. The number of nitrogen functional groups attached to an aromatic ring is 1. The van der Waals surface area contributed by atoms with E-state index in [1.54, 1.807) is 0 Å². The standard InChI is InChI=1S/C20H26N8O5/c1-3-27(20(32)22-2)8-4-5-11-25-16(21)12-17(26-11)28(9-23-12)19-14(30)13(29)15(33-19)18(31)24-10-6-7-10/h9-10,13-15,19,29-30H,3,6-8H2,1-2H3,(H,22,32)(H,24,31)(H2,21,25,26)/t13-,14+,15-,19+/m0/s1.